The van der Waals surface area contributed by atoms with Gasteiger partial charge in [-0.2, -0.15) is 18.4 Å². The highest BCUT2D eigenvalue weighted by Gasteiger charge is 2.30. The van der Waals surface area contributed by atoms with Crippen LogP contribution in [0.25, 0.3) is 0 Å². The topological polar surface area (TPSA) is 73.1 Å². The van der Waals surface area contributed by atoms with Gasteiger partial charge in [0.1, 0.15) is 11.8 Å². The van der Waals surface area contributed by atoms with E-state index in [2.05, 4.69) is 5.32 Å². The average Bonchev–Trinajstić information content (AvgIpc) is 2.38. The minimum Gasteiger partial charge on any atom is -0.510 e. The first-order valence-corrected chi connectivity index (χ1v) is 6.69. The molecule has 0 saturated heterocycles. The second kappa shape index (κ2) is 6.60. The fourth-order valence-corrected chi connectivity index (χ4v) is 1.63. The molecule has 0 radical (unpaired) electrons. The third-order valence-corrected chi connectivity index (χ3v) is 2.95. The number of carbonyl (C=O) groups excluding carboxylic acids is 1. The number of aliphatic hydroxyl groups is 1. The molecule has 4 nitrogen and oxygen atoms in total. The zero-order valence-corrected chi connectivity index (χ0v) is 12.0. The molecule has 0 aliphatic heterocycles. The Kier molecular flexibility index (Phi) is 5.38. The summed E-state index contributed by atoms with van der Waals surface area (Å²) in [6.45, 7) is 0. The van der Waals surface area contributed by atoms with Gasteiger partial charge < -0.3 is 10.4 Å². The van der Waals surface area contributed by atoms with E-state index in [1.165, 1.54) is 0 Å². The average molecular weight is 396 g/mol. The number of hydrogen-bond acceptors (Lipinski definition) is 3. The maximum atomic E-state index is 12.3. The number of anilines is 1. The van der Waals surface area contributed by atoms with Crippen molar-refractivity contribution in [2.24, 2.45) is 0 Å². The molecule has 0 aromatic heterocycles. The molecule has 1 aromatic rings. The largest absolute Gasteiger partial charge is 0.510 e. The SMILES string of the molecule is N#C/C(C(=O)Nc1ccc(C(F)(F)F)cc1)=C(/O)CI. The fraction of sp³-hybridized carbons (Fsp3) is 0.167. The predicted octanol–water partition coefficient (Wildman–Crippen LogP) is 3.41. The van der Waals surface area contributed by atoms with Crippen molar-refractivity contribution in [2.45, 2.75) is 6.18 Å². The zero-order valence-electron chi connectivity index (χ0n) is 9.83. The number of nitrogens with one attached hydrogen (secondary N) is 1. The maximum absolute atomic E-state index is 12.3. The molecular weight excluding hydrogens is 388 g/mol. The number of nitriles is 1. The highest BCUT2D eigenvalue weighted by atomic mass is 127. The van der Waals surface area contributed by atoms with Crippen LogP contribution in [-0.2, 0) is 11.0 Å². The lowest BCUT2D eigenvalue weighted by molar-refractivity contribution is -0.137. The lowest BCUT2D eigenvalue weighted by Gasteiger charge is -2.08. The van der Waals surface area contributed by atoms with E-state index in [0.29, 0.717) is 0 Å². The molecule has 1 aromatic carbocycles. The van der Waals surface area contributed by atoms with Crippen LogP contribution in [0.5, 0.6) is 0 Å². The van der Waals surface area contributed by atoms with Gasteiger partial charge in [0, 0.05) is 5.69 Å². The molecule has 0 spiro atoms. The molecule has 8 heteroatoms. The second-order valence-electron chi connectivity index (χ2n) is 3.60. The molecule has 0 atom stereocenters. The van der Waals surface area contributed by atoms with Gasteiger partial charge in [-0.05, 0) is 24.3 Å². The lowest BCUT2D eigenvalue weighted by atomic mass is 10.2. The molecule has 1 amide bonds. The number of rotatable bonds is 3. The Hall–Kier alpha value is -1.76. The lowest BCUT2D eigenvalue weighted by Crippen LogP contribution is -2.16. The fourth-order valence-electron chi connectivity index (χ4n) is 1.25. The van der Waals surface area contributed by atoms with Gasteiger partial charge in [0.05, 0.1) is 9.99 Å². The van der Waals surface area contributed by atoms with E-state index in [1.807, 2.05) is 0 Å². The van der Waals surface area contributed by atoms with Crippen LogP contribution < -0.4 is 5.32 Å². The van der Waals surface area contributed by atoms with Crippen LogP contribution in [0.15, 0.2) is 35.6 Å². The molecule has 1 rings (SSSR count). The summed E-state index contributed by atoms with van der Waals surface area (Å²) in [5.41, 5.74) is -1.22. The van der Waals surface area contributed by atoms with Gasteiger partial charge in [-0.15, -0.1) is 0 Å². The highest BCUT2D eigenvalue weighted by Crippen LogP contribution is 2.29. The van der Waals surface area contributed by atoms with Crippen LogP contribution >= 0.6 is 22.6 Å². The van der Waals surface area contributed by atoms with Crippen molar-refractivity contribution < 1.29 is 23.1 Å². The maximum Gasteiger partial charge on any atom is 0.416 e. The molecule has 0 heterocycles. The van der Waals surface area contributed by atoms with E-state index in [-0.39, 0.29) is 10.1 Å². The monoisotopic (exact) mass is 396 g/mol. The highest BCUT2D eigenvalue weighted by molar-refractivity contribution is 14.1. The summed E-state index contributed by atoms with van der Waals surface area (Å²) < 4.78 is 37.1. The number of aliphatic hydroxyl groups excluding tert-OH is 1. The summed E-state index contributed by atoms with van der Waals surface area (Å²) in [6.07, 6.45) is -4.46. The minimum absolute atomic E-state index is 0.0705. The first-order valence-electron chi connectivity index (χ1n) is 5.16. The summed E-state index contributed by atoms with van der Waals surface area (Å²) in [6, 6.07) is 5.29. The van der Waals surface area contributed by atoms with Crippen molar-refractivity contribution in [3.05, 3.63) is 41.2 Å². The number of halogens is 4. The second-order valence-corrected chi connectivity index (χ2v) is 4.36. The quantitative estimate of drug-likeness (QED) is 0.271. The molecule has 0 aliphatic rings. The summed E-state index contributed by atoms with van der Waals surface area (Å²) >= 11 is 1.77. The predicted molar refractivity (Wildman–Crippen MR) is 74.2 cm³/mol. The summed E-state index contributed by atoms with van der Waals surface area (Å²) in [5, 5.41) is 20.3. The Bertz CT molecular complexity index is 574. The molecular formula is C12H8F3IN2O2. The number of allylic oxidation sites excluding steroid dienone is 1. The number of amides is 1. The number of benzene rings is 1. The van der Waals surface area contributed by atoms with E-state index >= 15 is 0 Å². The van der Waals surface area contributed by atoms with E-state index in [4.69, 9.17) is 5.26 Å². The molecule has 0 saturated carbocycles. The normalized spacial score (nSPS) is 12.3. The van der Waals surface area contributed by atoms with Gasteiger partial charge in [-0.3, -0.25) is 4.79 Å². The van der Waals surface area contributed by atoms with E-state index in [0.717, 1.165) is 24.3 Å². The van der Waals surface area contributed by atoms with Crippen LogP contribution in [0, 0.1) is 11.3 Å². The number of carbonyl (C=O) groups is 1. The Morgan fingerprint density at radius 1 is 1.35 bits per heavy atom. The third kappa shape index (κ3) is 4.12. The van der Waals surface area contributed by atoms with Crippen LogP contribution in [0.3, 0.4) is 0 Å². The molecule has 0 fully saturated rings. The third-order valence-electron chi connectivity index (χ3n) is 2.22. The Morgan fingerprint density at radius 3 is 2.30 bits per heavy atom. The van der Waals surface area contributed by atoms with Crippen molar-refractivity contribution in [3.63, 3.8) is 0 Å². The van der Waals surface area contributed by atoms with Gasteiger partial charge in [0.25, 0.3) is 5.91 Å². The van der Waals surface area contributed by atoms with Crippen molar-refractivity contribution in [1.82, 2.24) is 0 Å². The van der Waals surface area contributed by atoms with Crippen LogP contribution in [0.4, 0.5) is 18.9 Å². The molecule has 0 unspecified atom stereocenters. The van der Waals surface area contributed by atoms with Crippen LogP contribution in [0.1, 0.15) is 5.56 Å². The smallest absolute Gasteiger partial charge is 0.416 e. The van der Waals surface area contributed by atoms with Gasteiger partial charge >= 0.3 is 6.18 Å². The van der Waals surface area contributed by atoms with E-state index in [1.54, 1.807) is 28.7 Å². The summed E-state index contributed by atoms with van der Waals surface area (Å²) in [5.74, 6) is -1.26. The van der Waals surface area contributed by atoms with Crippen molar-refractivity contribution >= 4 is 34.2 Å². The van der Waals surface area contributed by atoms with Crippen LogP contribution in [0.2, 0.25) is 0 Å². The molecule has 0 aliphatic carbocycles. The van der Waals surface area contributed by atoms with E-state index < -0.39 is 29.0 Å². The molecule has 20 heavy (non-hydrogen) atoms. The molecule has 2 N–H and O–H groups in total. The minimum atomic E-state index is -4.46. The Labute approximate surface area is 126 Å². The van der Waals surface area contributed by atoms with E-state index in [9.17, 15) is 23.1 Å². The Balaban J connectivity index is 2.90. The zero-order chi connectivity index (χ0) is 15.3. The van der Waals surface area contributed by atoms with Gasteiger partial charge in [-0.25, -0.2) is 0 Å². The molecule has 106 valence electrons. The summed E-state index contributed by atoms with van der Waals surface area (Å²) in [4.78, 5) is 11.6. The van der Waals surface area contributed by atoms with Gasteiger partial charge in [0.2, 0.25) is 0 Å². The van der Waals surface area contributed by atoms with Crippen LogP contribution in [-0.4, -0.2) is 15.4 Å². The standard InChI is InChI=1S/C12H8F3IN2O2/c13-12(14,15)7-1-3-8(4-2-7)18-11(20)9(6-17)10(19)5-16/h1-4,19H,5H2,(H,18,20)/b10-9-. The van der Waals surface area contributed by atoms with Gasteiger partial charge in [-0.1, -0.05) is 22.6 Å². The molecule has 0 bridgehead atoms. The van der Waals surface area contributed by atoms with Gasteiger partial charge in [0.15, 0.2) is 5.57 Å². The first kappa shape index (κ1) is 16.3. The number of hydrogen-bond donors (Lipinski definition) is 2. The van der Waals surface area contributed by atoms with Crippen molar-refractivity contribution in [3.8, 4) is 6.07 Å². The number of nitrogens with zero attached hydrogens (tertiary/aromatic N) is 1. The van der Waals surface area contributed by atoms with Crippen molar-refractivity contribution in [1.29, 1.82) is 5.26 Å². The first-order chi connectivity index (χ1) is 9.29. The number of alkyl halides is 4. The Morgan fingerprint density at radius 2 is 1.90 bits per heavy atom. The van der Waals surface area contributed by atoms with Crippen molar-refractivity contribution in [2.75, 3.05) is 9.74 Å². The summed E-state index contributed by atoms with van der Waals surface area (Å²) in [7, 11) is 0.